The molecule has 0 aromatic carbocycles. The van der Waals surface area contributed by atoms with Gasteiger partial charge in [0.1, 0.15) is 4.32 Å². The van der Waals surface area contributed by atoms with Gasteiger partial charge in [0, 0.05) is 20.0 Å². The molecule has 0 aromatic rings. The summed E-state index contributed by atoms with van der Waals surface area (Å²) in [6.07, 6.45) is 0. The Morgan fingerprint density at radius 2 is 2.00 bits per heavy atom. The zero-order valence-electron chi connectivity index (χ0n) is 5.68. The summed E-state index contributed by atoms with van der Waals surface area (Å²) in [5.41, 5.74) is 0. The van der Waals surface area contributed by atoms with Gasteiger partial charge in [-0.05, 0) is 0 Å². The Labute approximate surface area is 71.0 Å². The van der Waals surface area contributed by atoms with Crippen LogP contribution >= 0.6 is 24.8 Å². The van der Waals surface area contributed by atoms with Crippen molar-refractivity contribution in [2.75, 3.05) is 13.1 Å². The molecule has 0 aromatic heterocycles. The quantitative estimate of drug-likeness (QED) is 0.322. The molecule has 0 saturated carbocycles. The van der Waals surface area contributed by atoms with Crippen molar-refractivity contribution >= 4 is 35.1 Å². The molecule has 0 rings (SSSR count). The van der Waals surface area contributed by atoms with Gasteiger partial charge in [-0.3, -0.25) is 4.79 Å². The lowest BCUT2D eigenvalue weighted by Gasteiger charge is -2.02. The Balaban J connectivity index is 3.06. The maximum absolute atomic E-state index is 10.3. The van der Waals surface area contributed by atoms with Gasteiger partial charge in [0.15, 0.2) is 0 Å². The first-order valence-corrected chi connectivity index (χ1v) is 3.69. The minimum absolute atomic E-state index is 0.0353. The van der Waals surface area contributed by atoms with Crippen molar-refractivity contribution in [3.63, 3.8) is 0 Å². The average molecular weight is 178 g/mol. The van der Waals surface area contributed by atoms with E-state index in [-0.39, 0.29) is 5.91 Å². The Morgan fingerprint density at radius 1 is 1.50 bits per heavy atom. The Kier molecular flexibility index (Phi) is 5.33. The molecule has 1 amide bonds. The number of amides is 1. The fraction of sp³-hybridized carbons (Fsp3) is 0.600. The number of rotatable bonds is 3. The third kappa shape index (κ3) is 7.71. The number of carbonyl (C=O) groups excluding carboxylic acids is 1. The van der Waals surface area contributed by atoms with Crippen LogP contribution in [0.15, 0.2) is 0 Å². The highest BCUT2D eigenvalue weighted by molar-refractivity contribution is 8.11. The summed E-state index contributed by atoms with van der Waals surface area (Å²) in [6, 6.07) is 0. The lowest BCUT2D eigenvalue weighted by Crippen LogP contribution is -2.31. The van der Waals surface area contributed by atoms with Gasteiger partial charge in [-0.15, -0.1) is 12.6 Å². The van der Waals surface area contributed by atoms with Gasteiger partial charge in [-0.1, -0.05) is 12.2 Å². The molecule has 0 spiro atoms. The van der Waals surface area contributed by atoms with E-state index < -0.39 is 0 Å². The highest BCUT2D eigenvalue weighted by Gasteiger charge is 1.89. The zero-order valence-corrected chi connectivity index (χ0v) is 7.39. The fourth-order valence-electron chi connectivity index (χ4n) is 0.408. The van der Waals surface area contributed by atoms with Crippen LogP contribution in [0.1, 0.15) is 6.92 Å². The third-order valence-electron chi connectivity index (χ3n) is 0.775. The summed E-state index contributed by atoms with van der Waals surface area (Å²) in [7, 11) is 0. The topological polar surface area (TPSA) is 41.1 Å². The minimum atomic E-state index is -0.0353. The first kappa shape index (κ1) is 9.71. The Morgan fingerprint density at radius 3 is 2.40 bits per heavy atom. The van der Waals surface area contributed by atoms with E-state index in [1.54, 1.807) is 0 Å². The molecule has 3 nitrogen and oxygen atoms in total. The van der Waals surface area contributed by atoms with Crippen molar-refractivity contribution in [1.82, 2.24) is 10.6 Å². The van der Waals surface area contributed by atoms with Crippen molar-refractivity contribution in [3.8, 4) is 0 Å². The van der Waals surface area contributed by atoms with Gasteiger partial charge < -0.3 is 10.6 Å². The molecular weight excluding hydrogens is 168 g/mol. The van der Waals surface area contributed by atoms with Gasteiger partial charge in [-0.25, -0.2) is 0 Å². The highest BCUT2D eigenvalue weighted by atomic mass is 32.1. The van der Waals surface area contributed by atoms with E-state index in [9.17, 15) is 4.79 Å². The molecular formula is C5H10N2OS2. The molecule has 0 unspecified atom stereocenters. The van der Waals surface area contributed by atoms with Crippen LogP contribution in [-0.2, 0) is 4.79 Å². The number of hydrogen-bond acceptors (Lipinski definition) is 2. The van der Waals surface area contributed by atoms with Crippen LogP contribution in [-0.4, -0.2) is 23.3 Å². The van der Waals surface area contributed by atoms with Crippen LogP contribution in [0.3, 0.4) is 0 Å². The van der Waals surface area contributed by atoms with Crippen molar-refractivity contribution in [2.45, 2.75) is 6.92 Å². The van der Waals surface area contributed by atoms with Gasteiger partial charge in [0.25, 0.3) is 0 Å². The predicted molar refractivity (Wildman–Crippen MR) is 48.3 cm³/mol. The number of carbonyl (C=O) groups is 1. The van der Waals surface area contributed by atoms with Gasteiger partial charge in [0.2, 0.25) is 5.91 Å². The number of nitrogens with one attached hydrogen (secondary N) is 2. The Bertz CT molecular complexity index is 122. The molecule has 0 radical (unpaired) electrons. The van der Waals surface area contributed by atoms with E-state index in [1.165, 1.54) is 6.92 Å². The molecule has 2 N–H and O–H groups in total. The summed E-state index contributed by atoms with van der Waals surface area (Å²) in [5.74, 6) is -0.0353. The summed E-state index contributed by atoms with van der Waals surface area (Å²) >= 11 is 8.45. The molecule has 0 fully saturated rings. The molecule has 0 aliphatic carbocycles. The van der Waals surface area contributed by atoms with Crippen LogP contribution in [0.5, 0.6) is 0 Å². The smallest absolute Gasteiger partial charge is 0.216 e. The van der Waals surface area contributed by atoms with Crippen LogP contribution in [0.25, 0.3) is 0 Å². The first-order valence-electron chi connectivity index (χ1n) is 2.84. The first-order chi connectivity index (χ1) is 4.63. The largest absolute Gasteiger partial charge is 0.369 e. The second-order valence-corrected chi connectivity index (χ2v) is 2.87. The van der Waals surface area contributed by atoms with Crippen LogP contribution in [0, 0.1) is 0 Å². The van der Waals surface area contributed by atoms with Gasteiger partial charge in [-0.2, -0.15) is 0 Å². The molecule has 58 valence electrons. The van der Waals surface area contributed by atoms with E-state index in [0.717, 1.165) is 0 Å². The van der Waals surface area contributed by atoms with Gasteiger partial charge in [0.05, 0.1) is 0 Å². The van der Waals surface area contributed by atoms with Crippen molar-refractivity contribution in [3.05, 3.63) is 0 Å². The second kappa shape index (κ2) is 5.49. The Hall–Kier alpha value is -0.290. The monoisotopic (exact) mass is 178 g/mol. The van der Waals surface area contributed by atoms with E-state index in [1.807, 2.05) is 0 Å². The average Bonchev–Trinajstić information content (AvgIpc) is 1.79. The maximum atomic E-state index is 10.3. The summed E-state index contributed by atoms with van der Waals surface area (Å²) in [6.45, 7) is 2.68. The molecule has 0 bridgehead atoms. The maximum Gasteiger partial charge on any atom is 0.216 e. The molecule has 0 saturated heterocycles. The lowest BCUT2D eigenvalue weighted by atomic mass is 10.6. The second-order valence-electron chi connectivity index (χ2n) is 1.71. The normalized spacial score (nSPS) is 8.60. The zero-order chi connectivity index (χ0) is 7.98. The molecule has 10 heavy (non-hydrogen) atoms. The highest BCUT2D eigenvalue weighted by Crippen LogP contribution is 1.74. The summed E-state index contributed by atoms with van der Waals surface area (Å²) < 4.78 is 0.449. The molecule has 0 aliphatic heterocycles. The van der Waals surface area contributed by atoms with Crippen molar-refractivity contribution in [2.24, 2.45) is 0 Å². The molecule has 5 heteroatoms. The summed E-state index contributed by atoms with van der Waals surface area (Å²) in [5, 5.41) is 5.39. The van der Waals surface area contributed by atoms with E-state index in [4.69, 9.17) is 0 Å². The van der Waals surface area contributed by atoms with Crippen LogP contribution in [0.4, 0.5) is 0 Å². The molecule has 0 heterocycles. The van der Waals surface area contributed by atoms with E-state index >= 15 is 0 Å². The van der Waals surface area contributed by atoms with E-state index in [0.29, 0.717) is 17.4 Å². The molecule has 0 aliphatic rings. The lowest BCUT2D eigenvalue weighted by molar-refractivity contribution is -0.118. The van der Waals surface area contributed by atoms with Crippen molar-refractivity contribution < 1.29 is 4.79 Å². The third-order valence-corrected chi connectivity index (χ3v) is 1.08. The minimum Gasteiger partial charge on any atom is -0.369 e. The number of hydrogen-bond donors (Lipinski definition) is 3. The standard InChI is InChI=1S/C5H10N2OS2/c1-4(8)6-2-3-7-5(9)10/h2-3H2,1H3,(H,6,8)(H2,7,9,10). The van der Waals surface area contributed by atoms with Crippen LogP contribution < -0.4 is 10.6 Å². The predicted octanol–water partition coefficient (Wildman–Crippen LogP) is -0.0732. The van der Waals surface area contributed by atoms with Crippen molar-refractivity contribution in [1.29, 1.82) is 0 Å². The van der Waals surface area contributed by atoms with Gasteiger partial charge >= 0.3 is 0 Å². The molecule has 0 atom stereocenters. The van der Waals surface area contributed by atoms with E-state index in [2.05, 4.69) is 35.5 Å². The van der Waals surface area contributed by atoms with Crippen LogP contribution in [0.2, 0.25) is 0 Å². The fourth-order valence-corrected chi connectivity index (χ4v) is 0.622. The number of thiocarbonyl (C=S) groups is 1. The SMILES string of the molecule is CC(=O)NCCNC(=S)S. The summed E-state index contributed by atoms with van der Waals surface area (Å²) in [4.78, 5) is 10.3. The number of thiol groups is 1.